The largest absolute Gasteiger partial charge is 0.381 e. The molecule has 7 heteroatoms. The van der Waals surface area contributed by atoms with E-state index in [1.165, 1.54) is 9.87 Å². The summed E-state index contributed by atoms with van der Waals surface area (Å²) in [6.07, 6.45) is 3.13. The van der Waals surface area contributed by atoms with Crippen molar-refractivity contribution in [1.29, 1.82) is 0 Å². The van der Waals surface area contributed by atoms with Gasteiger partial charge >= 0.3 is 0 Å². The minimum Gasteiger partial charge on any atom is -0.381 e. The first-order chi connectivity index (χ1) is 14.4. The number of hydrogen-bond acceptors (Lipinski definition) is 4. The number of nitrogens with one attached hydrogen (secondary N) is 1. The number of amides is 1. The molecule has 0 aromatic heterocycles. The van der Waals surface area contributed by atoms with Crippen LogP contribution in [0.15, 0.2) is 60.7 Å². The Morgan fingerprint density at radius 3 is 2.17 bits per heavy atom. The Hall–Kier alpha value is -2.38. The number of benzene rings is 2. The number of ether oxygens (including phenoxy) is 1. The van der Waals surface area contributed by atoms with Crippen LogP contribution in [0.5, 0.6) is 0 Å². The average molecular weight is 431 g/mol. The van der Waals surface area contributed by atoms with Gasteiger partial charge in [-0.1, -0.05) is 55.5 Å². The lowest BCUT2D eigenvalue weighted by Crippen LogP contribution is -2.52. The molecule has 6 nitrogen and oxygen atoms in total. The van der Waals surface area contributed by atoms with E-state index in [1.807, 2.05) is 31.2 Å². The highest BCUT2D eigenvalue weighted by Gasteiger charge is 2.37. The fraction of sp³-hybridized carbons (Fsp3) is 0.435. The molecule has 162 valence electrons. The summed E-state index contributed by atoms with van der Waals surface area (Å²) in [4.78, 5) is 13.2. The van der Waals surface area contributed by atoms with Crippen LogP contribution in [-0.2, 0) is 25.0 Å². The van der Waals surface area contributed by atoms with Crippen molar-refractivity contribution in [3.63, 3.8) is 0 Å². The summed E-state index contributed by atoms with van der Waals surface area (Å²) in [5.41, 5.74) is 1.45. The van der Waals surface area contributed by atoms with Crippen molar-refractivity contribution >= 4 is 21.6 Å². The molecule has 0 radical (unpaired) electrons. The van der Waals surface area contributed by atoms with Gasteiger partial charge in [0.05, 0.1) is 11.9 Å². The van der Waals surface area contributed by atoms with Crippen molar-refractivity contribution in [2.24, 2.45) is 0 Å². The second-order valence-electron chi connectivity index (χ2n) is 7.79. The lowest BCUT2D eigenvalue weighted by Gasteiger charge is -2.39. The van der Waals surface area contributed by atoms with Crippen LogP contribution in [0.3, 0.4) is 0 Å². The lowest BCUT2D eigenvalue weighted by molar-refractivity contribution is -0.122. The zero-order valence-electron chi connectivity index (χ0n) is 17.6. The summed E-state index contributed by atoms with van der Waals surface area (Å²) in [5.74, 6) is -0.284. The highest BCUT2D eigenvalue weighted by molar-refractivity contribution is 7.92. The molecule has 1 aliphatic heterocycles. The van der Waals surface area contributed by atoms with E-state index >= 15 is 0 Å². The van der Waals surface area contributed by atoms with Crippen molar-refractivity contribution in [2.75, 3.05) is 30.3 Å². The van der Waals surface area contributed by atoms with Crippen molar-refractivity contribution < 1.29 is 17.9 Å². The summed E-state index contributed by atoms with van der Waals surface area (Å²) >= 11 is 0. The summed E-state index contributed by atoms with van der Waals surface area (Å²) in [5, 5.41) is 3.06. The molecular weight excluding hydrogens is 400 g/mol. The molecule has 2 aromatic rings. The quantitative estimate of drug-likeness (QED) is 0.698. The number of carbonyl (C=O) groups is 1. The minimum atomic E-state index is -3.63. The van der Waals surface area contributed by atoms with Gasteiger partial charge in [-0.15, -0.1) is 0 Å². The predicted molar refractivity (Wildman–Crippen MR) is 119 cm³/mol. The Morgan fingerprint density at radius 2 is 1.63 bits per heavy atom. The van der Waals surface area contributed by atoms with Crippen molar-refractivity contribution in [1.82, 2.24) is 5.32 Å². The van der Waals surface area contributed by atoms with Gasteiger partial charge in [-0.2, -0.15) is 0 Å². The second-order valence-corrected chi connectivity index (χ2v) is 9.65. The molecule has 1 fully saturated rings. The van der Waals surface area contributed by atoms with E-state index in [1.54, 1.807) is 24.3 Å². The first kappa shape index (κ1) is 22.3. The smallest absolute Gasteiger partial charge is 0.243 e. The van der Waals surface area contributed by atoms with Gasteiger partial charge in [0.2, 0.25) is 15.9 Å². The predicted octanol–water partition coefficient (Wildman–Crippen LogP) is 3.10. The Labute approximate surface area is 179 Å². The monoisotopic (exact) mass is 430 g/mol. The van der Waals surface area contributed by atoms with E-state index in [0.717, 1.165) is 19.1 Å². The third-order valence-corrected chi connectivity index (χ3v) is 6.96. The number of hydrogen-bond donors (Lipinski definition) is 1. The fourth-order valence-corrected chi connectivity index (χ4v) is 5.34. The van der Waals surface area contributed by atoms with Gasteiger partial charge in [-0.3, -0.25) is 9.10 Å². The second kappa shape index (κ2) is 9.62. The molecule has 0 saturated carbocycles. The number of anilines is 1. The molecule has 2 aromatic carbocycles. The molecule has 0 spiro atoms. The Bertz CT molecular complexity index is 926. The zero-order valence-corrected chi connectivity index (χ0v) is 18.4. The maximum Gasteiger partial charge on any atom is 0.243 e. The van der Waals surface area contributed by atoms with E-state index < -0.39 is 16.1 Å². The van der Waals surface area contributed by atoms with Crippen molar-refractivity contribution in [2.45, 2.75) is 37.6 Å². The Morgan fingerprint density at radius 1 is 1.07 bits per heavy atom. The number of carbonyl (C=O) groups excluding carboxylic acids is 1. The van der Waals surface area contributed by atoms with Crippen LogP contribution in [0.1, 0.15) is 31.7 Å². The molecule has 1 heterocycles. The molecule has 1 aliphatic rings. The number of nitrogens with zero attached hydrogens (tertiary/aromatic N) is 1. The van der Waals surface area contributed by atoms with Crippen LogP contribution in [0.2, 0.25) is 0 Å². The van der Waals surface area contributed by atoms with E-state index in [-0.39, 0.29) is 11.3 Å². The summed E-state index contributed by atoms with van der Waals surface area (Å²) in [6.45, 7) is 3.55. The number of rotatable bonds is 8. The van der Waals surface area contributed by atoms with Gasteiger partial charge in [0.25, 0.3) is 0 Å². The highest BCUT2D eigenvalue weighted by Crippen LogP contribution is 2.34. The summed E-state index contributed by atoms with van der Waals surface area (Å²) in [6, 6.07) is 18.1. The van der Waals surface area contributed by atoms with Crippen molar-refractivity contribution in [3.8, 4) is 0 Å². The van der Waals surface area contributed by atoms with Gasteiger partial charge < -0.3 is 10.1 Å². The molecule has 0 bridgehead atoms. The van der Waals surface area contributed by atoms with E-state index in [9.17, 15) is 13.2 Å². The SMILES string of the molecule is CCC(C(=O)NCC1(c2ccccc2)CCOCC1)N(c1ccccc1)S(C)(=O)=O. The topological polar surface area (TPSA) is 75.7 Å². The number of para-hydroxylation sites is 1. The third kappa shape index (κ3) is 5.02. The standard InChI is InChI=1S/C23H30N2O4S/c1-3-21(25(30(2,27)28)20-12-8-5-9-13-20)22(26)24-18-23(14-16-29-17-15-23)19-10-6-4-7-11-19/h4-13,21H,3,14-18H2,1-2H3,(H,24,26). The van der Waals surface area contributed by atoms with Gasteiger partial charge in [0.15, 0.2) is 0 Å². The minimum absolute atomic E-state index is 0.212. The molecule has 1 unspecified atom stereocenters. The molecule has 1 saturated heterocycles. The first-order valence-corrected chi connectivity index (χ1v) is 12.2. The molecule has 1 N–H and O–H groups in total. The van der Waals surface area contributed by atoms with Gasteiger partial charge in [0, 0.05) is 25.2 Å². The summed E-state index contributed by atoms with van der Waals surface area (Å²) in [7, 11) is -3.63. The molecule has 1 amide bonds. The van der Waals surface area contributed by atoms with Gasteiger partial charge in [-0.25, -0.2) is 8.42 Å². The molecule has 30 heavy (non-hydrogen) atoms. The normalized spacial score (nSPS) is 17.1. The van der Waals surface area contributed by atoms with Crippen LogP contribution < -0.4 is 9.62 Å². The van der Waals surface area contributed by atoms with E-state index in [0.29, 0.717) is 31.9 Å². The molecule has 0 aliphatic carbocycles. The van der Waals surface area contributed by atoms with Crippen LogP contribution >= 0.6 is 0 Å². The zero-order chi connectivity index (χ0) is 21.6. The van der Waals surface area contributed by atoms with Gasteiger partial charge in [-0.05, 0) is 37.0 Å². The van der Waals surface area contributed by atoms with Crippen LogP contribution in [-0.4, -0.2) is 46.4 Å². The van der Waals surface area contributed by atoms with Crippen molar-refractivity contribution in [3.05, 3.63) is 66.2 Å². The van der Waals surface area contributed by atoms with Crippen LogP contribution in [0.25, 0.3) is 0 Å². The Balaban J connectivity index is 1.83. The Kier molecular flexibility index (Phi) is 7.15. The highest BCUT2D eigenvalue weighted by atomic mass is 32.2. The maximum atomic E-state index is 13.2. The van der Waals surface area contributed by atoms with Gasteiger partial charge in [0.1, 0.15) is 6.04 Å². The number of sulfonamides is 1. The third-order valence-electron chi connectivity index (χ3n) is 5.78. The van der Waals surface area contributed by atoms with E-state index in [2.05, 4.69) is 17.4 Å². The maximum absolute atomic E-state index is 13.2. The summed E-state index contributed by atoms with van der Waals surface area (Å²) < 4.78 is 31.9. The van der Waals surface area contributed by atoms with E-state index in [4.69, 9.17) is 4.74 Å². The molecule has 1 atom stereocenters. The average Bonchev–Trinajstić information content (AvgIpc) is 2.76. The fourth-order valence-electron chi connectivity index (χ4n) is 4.13. The molecular formula is C23H30N2O4S. The lowest BCUT2D eigenvalue weighted by atomic mass is 9.74. The van der Waals surface area contributed by atoms with Crippen LogP contribution in [0.4, 0.5) is 5.69 Å². The first-order valence-electron chi connectivity index (χ1n) is 10.3. The molecule has 3 rings (SSSR count). The van der Waals surface area contributed by atoms with Crippen LogP contribution in [0, 0.1) is 0 Å².